The number of nitrogens with zero attached hydrogens (tertiary/aromatic N) is 1. The molecule has 0 aliphatic carbocycles. The van der Waals surface area contributed by atoms with Crippen molar-refractivity contribution in [2.75, 3.05) is 6.26 Å². The Labute approximate surface area is 104 Å². The van der Waals surface area contributed by atoms with Crippen molar-refractivity contribution in [2.45, 2.75) is 11.4 Å². The number of thioether (sulfide) groups is 1. The largest absolute Gasteiger partial charge is 0.477 e. The van der Waals surface area contributed by atoms with E-state index in [0.717, 1.165) is 5.56 Å². The van der Waals surface area contributed by atoms with E-state index < -0.39 is 5.97 Å². The molecule has 88 valence electrons. The molecular formula is C13H13NO2S. The Balaban J connectivity index is 2.31. The van der Waals surface area contributed by atoms with Crippen LogP contribution < -0.4 is 0 Å². The fourth-order valence-corrected chi connectivity index (χ4v) is 2.37. The lowest BCUT2D eigenvalue weighted by Gasteiger charge is -2.09. The summed E-state index contributed by atoms with van der Waals surface area (Å²) in [5.74, 6) is -0.892. The van der Waals surface area contributed by atoms with E-state index in [1.54, 1.807) is 34.7 Å². The van der Waals surface area contributed by atoms with Crippen molar-refractivity contribution in [3.8, 4) is 0 Å². The number of benzene rings is 1. The molecule has 4 heteroatoms. The number of carboxylic acids is 1. The molecule has 1 N–H and O–H groups in total. The Morgan fingerprint density at radius 2 is 2.06 bits per heavy atom. The van der Waals surface area contributed by atoms with Gasteiger partial charge in [-0.2, -0.15) is 0 Å². The minimum absolute atomic E-state index is 0.320. The highest BCUT2D eigenvalue weighted by atomic mass is 32.2. The summed E-state index contributed by atoms with van der Waals surface area (Å²) in [6.45, 7) is 0.589. The highest BCUT2D eigenvalue weighted by Crippen LogP contribution is 2.21. The van der Waals surface area contributed by atoms with Gasteiger partial charge in [0.05, 0.1) is 0 Å². The first-order chi connectivity index (χ1) is 8.22. The average Bonchev–Trinajstić information content (AvgIpc) is 2.78. The van der Waals surface area contributed by atoms with E-state index in [1.165, 1.54) is 4.90 Å². The molecule has 1 heterocycles. The van der Waals surface area contributed by atoms with Gasteiger partial charge in [-0.05, 0) is 30.0 Å². The van der Waals surface area contributed by atoms with Crippen LogP contribution in [0.15, 0.2) is 47.5 Å². The topological polar surface area (TPSA) is 42.2 Å². The molecule has 0 radical (unpaired) electrons. The van der Waals surface area contributed by atoms with E-state index >= 15 is 0 Å². The smallest absolute Gasteiger partial charge is 0.352 e. The molecule has 0 atom stereocenters. The van der Waals surface area contributed by atoms with Crippen molar-refractivity contribution >= 4 is 17.7 Å². The van der Waals surface area contributed by atoms with Crippen LogP contribution >= 0.6 is 11.8 Å². The lowest BCUT2D eigenvalue weighted by Crippen LogP contribution is -2.08. The van der Waals surface area contributed by atoms with Crippen LogP contribution in [0.5, 0.6) is 0 Å². The van der Waals surface area contributed by atoms with Gasteiger partial charge >= 0.3 is 5.97 Å². The van der Waals surface area contributed by atoms with Gasteiger partial charge in [-0.1, -0.05) is 18.2 Å². The van der Waals surface area contributed by atoms with Crippen LogP contribution in [0.3, 0.4) is 0 Å². The predicted octanol–water partition coefficient (Wildman–Crippen LogP) is 2.96. The summed E-state index contributed by atoms with van der Waals surface area (Å²) in [5, 5.41) is 9.03. The molecule has 0 spiro atoms. The molecule has 0 bridgehead atoms. The molecule has 1 aromatic heterocycles. The zero-order chi connectivity index (χ0) is 12.3. The summed E-state index contributed by atoms with van der Waals surface area (Å²) in [6, 6.07) is 11.4. The maximum atomic E-state index is 11.0. The van der Waals surface area contributed by atoms with Crippen LogP contribution in [0.2, 0.25) is 0 Å². The molecule has 0 saturated carbocycles. The van der Waals surface area contributed by atoms with E-state index in [-0.39, 0.29) is 0 Å². The van der Waals surface area contributed by atoms with Gasteiger partial charge in [0.15, 0.2) is 0 Å². The van der Waals surface area contributed by atoms with Crippen LogP contribution in [-0.4, -0.2) is 21.9 Å². The molecule has 17 heavy (non-hydrogen) atoms. The monoisotopic (exact) mass is 247 g/mol. The summed E-state index contributed by atoms with van der Waals surface area (Å²) in [7, 11) is 0. The van der Waals surface area contributed by atoms with E-state index in [4.69, 9.17) is 5.11 Å². The van der Waals surface area contributed by atoms with E-state index in [9.17, 15) is 4.79 Å². The van der Waals surface area contributed by atoms with Crippen molar-refractivity contribution in [1.82, 2.24) is 4.57 Å². The van der Waals surface area contributed by atoms with Crippen LogP contribution in [-0.2, 0) is 6.54 Å². The van der Waals surface area contributed by atoms with E-state index in [0.29, 0.717) is 12.2 Å². The van der Waals surface area contributed by atoms with Gasteiger partial charge < -0.3 is 9.67 Å². The second kappa shape index (κ2) is 5.10. The number of hydrogen-bond donors (Lipinski definition) is 1. The third-order valence-electron chi connectivity index (χ3n) is 2.58. The standard InChI is InChI=1S/C13H13NO2S/c1-17-12-7-3-2-5-10(12)9-14-8-4-6-11(14)13(15)16/h2-8H,9H2,1H3,(H,15,16). The Morgan fingerprint density at radius 1 is 1.29 bits per heavy atom. The van der Waals surface area contributed by atoms with Gasteiger partial charge in [-0.15, -0.1) is 11.8 Å². The number of hydrogen-bond acceptors (Lipinski definition) is 2. The molecule has 0 unspecified atom stereocenters. The van der Waals surface area contributed by atoms with Crippen molar-refractivity contribution in [3.05, 3.63) is 53.9 Å². The van der Waals surface area contributed by atoms with Gasteiger partial charge in [0.25, 0.3) is 0 Å². The van der Waals surface area contributed by atoms with Gasteiger partial charge in [0.1, 0.15) is 5.69 Å². The third-order valence-corrected chi connectivity index (χ3v) is 3.42. The number of aromatic nitrogens is 1. The zero-order valence-electron chi connectivity index (χ0n) is 9.46. The van der Waals surface area contributed by atoms with Gasteiger partial charge in [0, 0.05) is 17.6 Å². The summed E-state index contributed by atoms with van der Waals surface area (Å²) >= 11 is 1.67. The van der Waals surface area contributed by atoms with E-state index in [2.05, 4.69) is 0 Å². The predicted molar refractivity (Wildman–Crippen MR) is 68.7 cm³/mol. The quantitative estimate of drug-likeness (QED) is 0.845. The summed E-state index contributed by atoms with van der Waals surface area (Å²) < 4.78 is 1.75. The van der Waals surface area contributed by atoms with Crippen molar-refractivity contribution in [3.63, 3.8) is 0 Å². The number of carboxylic acid groups (broad SMARTS) is 1. The van der Waals surface area contributed by atoms with Crippen LogP contribution in [0.25, 0.3) is 0 Å². The molecule has 0 aliphatic heterocycles. The molecule has 0 aliphatic rings. The third kappa shape index (κ3) is 2.53. The second-order valence-corrected chi connectivity index (χ2v) is 4.49. The number of rotatable bonds is 4. The van der Waals surface area contributed by atoms with E-state index in [1.807, 2.05) is 30.5 Å². The Morgan fingerprint density at radius 3 is 2.76 bits per heavy atom. The Hall–Kier alpha value is -1.68. The van der Waals surface area contributed by atoms with Gasteiger partial charge in [-0.3, -0.25) is 0 Å². The maximum absolute atomic E-state index is 11.0. The maximum Gasteiger partial charge on any atom is 0.352 e. The number of aromatic carboxylic acids is 1. The molecule has 3 nitrogen and oxygen atoms in total. The van der Waals surface area contributed by atoms with Gasteiger partial charge in [-0.25, -0.2) is 4.79 Å². The Kier molecular flexibility index (Phi) is 3.54. The molecule has 0 amide bonds. The molecule has 0 fully saturated rings. The first-order valence-electron chi connectivity index (χ1n) is 5.22. The normalized spacial score (nSPS) is 10.4. The molecule has 2 rings (SSSR count). The molecule has 1 aromatic carbocycles. The van der Waals surface area contributed by atoms with Crippen LogP contribution in [0, 0.1) is 0 Å². The Bertz CT molecular complexity index is 534. The minimum Gasteiger partial charge on any atom is -0.477 e. The van der Waals surface area contributed by atoms with Crippen molar-refractivity contribution in [1.29, 1.82) is 0 Å². The van der Waals surface area contributed by atoms with Crippen LogP contribution in [0.1, 0.15) is 16.1 Å². The summed E-state index contributed by atoms with van der Waals surface area (Å²) in [5.41, 5.74) is 1.46. The fourth-order valence-electron chi connectivity index (χ4n) is 1.76. The van der Waals surface area contributed by atoms with Gasteiger partial charge in [0.2, 0.25) is 0 Å². The lowest BCUT2D eigenvalue weighted by molar-refractivity contribution is 0.0685. The highest BCUT2D eigenvalue weighted by molar-refractivity contribution is 7.98. The first-order valence-corrected chi connectivity index (χ1v) is 6.45. The molecule has 2 aromatic rings. The molecular weight excluding hydrogens is 234 g/mol. The average molecular weight is 247 g/mol. The summed E-state index contributed by atoms with van der Waals surface area (Å²) in [4.78, 5) is 12.2. The lowest BCUT2D eigenvalue weighted by atomic mass is 10.2. The summed E-state index contributed by atoms with van der Waals surface area (Å²) in [6.07, 6.45) is 3.81. The first kappa shape index (κ1) is 11.8. The fraction of sp³-hybridized carbons (Fsp3) is 0.154. The second-order valence-electron chi connectivity index (χ2n) is 3.64. The minimum atomic E-state index is -0.892. The highest BCUT2D eigenvalue weighted by Gasteiger charge is 2.09. The zero-order valence-corrected chi connectivity index (χ0v) is 10.3. The SMILES string of the molecule is CSc1ccccc1Cn1cccc1C(=O)O. The van der Waals surface area contributed by atoms with Crippen molar-refractivity contribution < 1.29 is 9.90 Å². The number of carbonyl (C=O) groups is 1. The van der Waals surface area contributed by atoms with Crippen molar-refractivity contribution in [2.24, 2.45) is 0 Å². The molecule has 0 saturated heterocycles. The van der Waals surface area contributed by atoms with Crippen LogP contribution in [0.4, 0.5) is 0 Å².